The third kappa shape index (κ3) is 21.1. The van der Waals surface area contributed by atoms with Gasteiger partial charge in [-0.05, 0) is 225 Å². The lowest BCUT2D eigenvalue weighted by molar-refractivity contribution is -0.155. The lowest BCUT2D eigenvalue weighted by Crippen LogP contribution is -2.41. The van der Waals surface area contributed by atoms with Gasteiger partial charge in [0.05, 0.1) is 53.6 Å². The SMILES string of the molecule is CC(C)(C)OC(=O)N[C@H]1CC(=O)N(c2ccc(B3OC(C)(C)C(C)(C)O3)cc2)C1.C[C@@H](Oc1ccc2ncc(-c3ccc(N4C[C@H](CC(=O)OC(C)(C)C)CC4=O)cc3)n2n1)c1cccc(F)c1.C[C@@H](Oc1ccc2ncc(-c3ccc(N4C[C@H](N)CC4=O)cc3)n2n1)c1cccc(F)c1.C[C@@H](Oc1ccc2ncc(Br)n2n1)c1cccc(F)c1. The highest BCUT2D eigenvalue weighted by atomic mass is 79.9. The lowest BCUT2D eigenvalue weighted by atomic mass is 9.79. The Labute approximate surface area is 701 Å². The number of hydrogen-bond acceptors (Lipinski definition) is 19. The van der Waals surface area contributed by atoms with Crippen molar-refractivity contribution in [1.29, 1.82) is 0 Å². The lowest BCUT2D eigenvalue weighted by Gasteiger charge is -2.32. The predicted molar refractivity (Wildman–Crippen MR) is 452 cm³/mol. The molecule has 6 aromatic heterocycles. The first kappa shape index (κ1) is 85.8. The van der Waals surface area contributed by atoms with Crippen LogP contribution in [0, 0.1) is 23.4 Å². The highest BCUT2D eigenvalue weighted by molar-refractivity contribution is 9.10. The van der Waals surface area contributed by atoms with Crippen LogP contribution in [0.5, 0.6) is 17.6 Å². The molecule has 4 aliphatic rings. The molecule has 26 nitrogen and oxygen atoms in total. The van der Waals surface area contributed by atoms with Gasteiger partial charge < -0.3 is 58.7 Å². The molecule has 31 heteroatoms. The minimum absolute atomic E-state index is 0.0121. The second-order valence-electron chi connectivity index (χ2n) is 32.8. The molecule has 0 spiro atoms. The van der Waals surface area contributed by atoms with Crippen molar-refractivity contribution in [3.8, 4) is 40.2 Å². The Hall–Kier alpha value is -12.1. The summed E-state index contributed by atoms with van der Waals surface area (Å²) in [6, 6.07) is 52.1. The fourth-order valence-electron chi connectivity index (χ4n) is 13.9. The molecule has 4 amide bonds. The summed E-state index contributed by atoms with van der Waals surface area (Å²) in [6.07, 6.45) is 4.73. The zero-order valence-electron chi connectivity index (χ0n) is 68.9. The summed E-state index contributed by atoms with van der Waals surface area (Å²) in [6.45, 7) is 25.9. The van der Waals surface area contributed by atoms with Crippen molar-refractivity contribution in [1.82, 2.24) is 49.1 Å². The summed E-state index contributed by atoms with van der Waals surface area (Å²) in [5.41, 5.74) is 14.8. The highest BCUT2D eigenvalue weighted by Gasteiger charge is 2.52. The van der Waals surface area contributed by atoms with Crippen LogP contribution < -0.4 is 45.4 Å². The van der Waals surface area contributed by atoms with E-state index in [4.69, 9.17) is 38.7 Å². The van der Waals surface area contributed by atoms with Gasteiger partial charge in [0.25, 0.3) is 0 Å². The number of esters is 1. The molecule has 4 aliphatic heterocycles. The standard InChI is InChI=1S/C30H31FN4O4.C24H22FN5O2.C21H31BN2O5.C14H11BrFN3O/c1-19(22-6-5-7-23(31)16-22)38-27-13-12-26-32-17-25(35(26)33-27)21-8-10-24(11-9-21)34-18-20(14-28(34)36)15-29(37)39-30(2,3)4;1-15(17-3-2-4-18(25)11-17)32-23-10-9-22-27-13-21(30(22)28-23)16-5-7-20(8-6-16)29-14-19(26)12-24(29)31;1-19(2,3)27-18(26)23-15-12-17(25)24(13-15)16-10-8-14(9-11-16)22-28-20(4,5)21(6,7)29-22;1-9(10-3-2-4-11(16)7-10)20-14-6-5-13-17-8-12(15)19(13)18-14/h5-13,16-17,19-20H,14-15,18H2,1-4H3;2-11,13,15,19H,12,14,26H2,1H3;8-11,15H,12-13H2,1-7H3,(H,23,26);2-9H,1H3/t19-,20+;15-,19-;15-;9-/m1101/s1. The monoisotopic (exact) mass is 1700 g/mol. The van der Waals surface area contributed by atoms with E-state index >= 15 is 0 Å². The van der Waals surface area contributed by atoms with E-state index in [-0.39, 0.29) is 84.2 Å². The number of alkyl carbamates (subject to hydrolysis) is 1. The molecule has 120 heavy (non-hydrogen) atoms. The topological polar surface area (TPSA) is 288 Å². The fourth-order valence-corrected chi connectivity index (χ4v) is 14.2. The van der Waals surface area contributed by atoms with E-state index < -0.39 is 41.7 Å². The number of carbonyl (C=O) groups is 5. The quantitative estimate of drug-likeness (QED) is 0.0596. The van der Waals surface area contributed by atoms with Crippen LogP contribution in [0.2, 0.25) is 0 Å². The molecule has 0 unspecified atom stereocenters. The molecule has 10 heterocycles. The number of nitrogens with zero attached hydrogens (tertiary/aromatic N) is 12. The van der Waals surface area contributed by atoms with Crippen LogP contribution >= 0.6 is 15.9 Å². The van der Waals surface area contributed by atoms with E-state index in [0.29, 0.717) is 67.0 Å². The number of aromatic nitrogens is 9. The van der Waals surface area contributed by atoms with Crippen LogP contribution in [-0.4, -0.2) is 135 Å². The maximum Gasteiger partial charge on any atom is 0.494 e. The number of nitrogens with one attached hydrogen (secondary N) is 1. The summed E-state index contributed by atoms with van der Waals surface area (Å²) < 4.78 is 86.6. The maximum absolute atomic E-state index is 13.6. The third-order valence-electron chi connectivity index (χ3n) is 20.6. The minimum atomic E-state index is -0.574. The summed E-state index contributed by atoms with van der Waals surface area (Å²) in [5, 5.41) is 16.3. The number of benzene rings is 6. The average Bonchev–Trinajstić information content (AvgIpc) is 1.62. The molecule has 0 radical (unpaired) electrons. The Kier molecular flexibility index (Phi) is 25.6. The van der Waals surface area contributed by atoms with Gasteiger partial charge in [-0.1, -0.05) is 72.8 Å². The van der Waals surface area contributed by atoms with Crippen molar-refractivity contribution in [3.63, 3.8) is 0 Å². The number of carbonyl (C=O) groups excluding carboxylic acids is 5. The van der Waals surface area contributed by atoms with Gasteiger partial charge in [0, 0.05) is 91.3 Å². The highest BCUT2D eigenvalue weighted by Crippen LogP contribution is 2.38. The number of nitrogens with two attached hydrogens (primary N) is 1. The average molecular weight is 1700 g/mol. The summed E-state index contributed by atoms with van der Waals surface area (Å²) in [7, 11) is -0.440. The summed E-state index contributed by atoms with van der Waals surface area (Å²) >= 11 is 3.35. The molecule has 6 atom stereocenters. The largest absolute Gasteiger partial charge is 0.494 e. The van der Waals surface area contributed by atoms with Crippen LogP contribution in [0.3, 0.4) is 0 Å². The minimum Gasteiger partial charge on any atom is -0.469 e. The van der Waals surface area contributed by atoms with E-state index in [1.54, 1.807) is 110 Å². The smallest absolute Gasteiger partial charge is 0.469 e. The van der Waals surface area contributed by atoms with Crippen molar-refractivity contribution >= 4 is 92.3 Å². The van der Waals surface area contributed by atoms with Gasteiger partial charge in [-0.3, -0.25) is 19.2 Å². The Balaban J connectivity index is 0.000000141. The maximum atomic E-state index is 13.6. The number of ether oxygens (including phenoxy) is 5. The zero-order chi connectivity index (χ0) is 85.7. The molecule has 0 aliphatic carbocycles. The Morgan fingerprint density at radius 2 is 0.908 bits per heavy atom. The van der Waals surface area contributed by atoms with E-state index in [0.717, 1.165) is 66.4 Å². The molecular formula is C89H95BBrF3N14O12. The Bertz CT molecular complexity index is 5690. The summed E-state index contributed by atoms with van der Waals surface area (Å²) in [5.74, 6) is -0.0377. The van der Waals surface area contributed by atoms with Gasteiger partial charge in [-0.2, -0.15) is 0 Å². The van der Waals surface area contributed by atoms with Gasteiger partial charge in [-0.15, -0.1) is 15.3 Å². The van der Waals surface area contributed by atoms with Gasteiger partial charge in [0.1, 0.15) is 51.6 Å². The first-order valence-corrected chi connectivity index (χ1v) is 40.2. The molecule has 0 bridgehead atoms. The first-order valence-electron chi connectivity index (χ1n) is 39.4. The molecule has 6 aromatic carbocycles. The van der Waals surface area contributed by atoms with Gasteiger partial charge in [0.15, 0.2) is 16.9 Å². The molecule has 0 saturated carbocycles. The van der Waals surface area contributed by atoms with E-state index in [2.05, 4.69) is 51.5 Å². The molecule has 4 fully saturated rings. The molecule has 16 rings (SSSR count). The molecule has 624 valence electrons. The van der Waals surface area contributed by atoms with Crippen molar-refractivity contribution < 1.29 is 70.1 Å². The number of halogens is 4. The van der Waals surface area contributed by atoms with Crippen molar-refractivity contribution in [3.05, 3.63) is 239 Å². The second-order valence-corrected chi connectivity index (χ2v) is 33.6. The molecule has 12 aromatic rings. The van der Waals surface area contributed by atoms with Crippen LogP contribution in [0.25, 0.3) is 39.5 Å². The Morgan fingerprint density at radius 1 is 0.517 bits per heavy atom. The third-order valence-corrected chi connectivity index (χ3v) is 21.1. The van der Waals surface area contributed by atoms with Crippen molar-refractivity contribution in [2.75, 3.05) is 34.3 Å². The number of rotatable bonds is 18. The van der Waals surface area contributed by atoms with Crippen molar-refractivity contribution in [2.24, 2.45) is 11.7 Å². The van der Waals surface area contributed by atoms with Crippen molar-refractivity contribution in [2.45, 2.75) is 168 Å². The number of fused-ring (bicyclic) bond motifs is 3. The molecule has 3 N–H and O–H groups in total. The predicted octanol–water partition coefficient (Wildman–Crippen LogP) is 15.9. The van der Waals surface area contributed by atoms with Gasteiger partial charge in [-0.25, -0.2) is 46.5 Å². The number of hydrogen-bond donors (Lipinski definition) is 2. The number of imidazole rings is 3. The van der Waals surface area contributed by atoms with E-state index in [1.165, 1.54) is 36.4 Å². The first-order chi connectivity index (χ1) is 56.9. The summed E-state index contributed by atoms with van der Waals surface area (Å²) in [4.78, 5) is 79.6. The van der Waals surface area contributed by atoms with E-state index in [1.807, 2.05) is 172 Å². The normalized spacial score (nSPS) is 17.7. The second kappa shape index (κ2) is 35.9. The Morgan fingerprint density at radius 3 is 1.33 bits per heavy atom. The van der Waals surface area contributed by atoms with Gasteiger partial charge in [0.2, 0.25) is 35.4 Å². The zero-order valence-corrected chi connectivity index (χ0v) is 70.5. The number of amides is 4. The van der Waals surface area contributed by atoms with Crippen LogP contribution in [-0.2, 0) is 38.0 Å². The van der Waals surface area contributed by atoms with Crippen LogP contribution in [0.1, 0.15) is 151 Å². The van der Waals surface area contributed by atoms with Gasteiger partial charge >= 0.3 is 19.2 Å². The fraction of sp³-hybridized carbons (Fsp3) is 0.337. The molecular weight excluding hydrogens is 1600 g/mol. The van der Waals surface area contributed by atoms with Crippen LogP contribution in [0.15, 0.2) is 205 Å². The van der Waals surface area contributed by atoms with Crippen LogP contribution in [0.4, 0.5) is 35.0 Å². The van der Waals surface area contributed by atoms with E-state index in [9.17, 15) is 37.1 Å². The number of anilines is 3. The molecule has 4 saturated heterocycles.